The molecular formula is C14H26ClN3O2S. The Labute approximate surface area is 136 Å². The summed E-state index contributed by atoms with van der Waals surface area (Å²) in [5.41, 5.74) is 6.29. The third kappa shape index (κ3) is 4.83. The Morgan fingerprint density at radius 1 is 1.43 bits per heavy atom. The molecule has 0 saturated heterocycles. The van der Waals surface area contributed by atoms with Gasteiger partial charge in [-0.25, -0.2) is 0 Å². The Bertz CT molecular complexity index is 539. The highest BCUT2D eigenvalue weighted by Crippen LogP contribution is 2.15. The van der Waals surface area contributed by atoms with Crippen LogP contribution in [0.2, 0.25) is 0 Å². The van der Waals surface area contributed by atoms with Crippen molar-refractivity contribution < 1.29 is 4.79 Å². The van der Waals surface area contributed by atoms with E-state index < -0.39 is 5.54 Å². The molecule has 0 spiro atoms. The first-order valence-electron chi connectivity index (χ1n) is 6.89. The fourth-order valence-corrected chi connectivity index (χ4v) is 2.73. The van der Waals surface area contributed by atoms with E-state index in [0.29, 0.717) is 19.5 Å². The number of aryl methyl sites for hydroxylation is 1. The molecule has 0 radical (unpaired) electrons. The van der Waals surface area contributed by atoms with Gasteiger partial charge in [0.25, 0.3) is 0 Å². The molecule has 7 heteroatoms. The van der Waals surface area contributed by atoms with Gasteiger partial charge in [0.05, 0.1) is 5.54 Å². The predicted octanol–water partition coefficient (Wildman–Crippen LogP) is 1.83. The van der Waals surface area contributed by atoms with Crippen LogP contribution in [0.4, 0.5) is 0 Å². The Balaban J connectivity index is 0.00000400. The lowest BCUT2D eigenvalue weighted by molar-refractivity contribution is -0.123. The van der Waals surface area contributed by atoms with Crippen LogP contribution in [0.3, 0.4) is 0 Å². The van der Waals surface area contributed by atoms with E-state index in [9.17, 15) is 9.59 Å². The molecule has 122 valence electrons. The van der Waals surface area contributed by atoms with Crippen LogP contribution in [0, 0.1) is 19.8 Å². The Morgan fingerprint density at radius 3 is 2.38 bits per heavy atom. The zero-order valence-electron chi connectivity index (χ0n) is 13.4. The number of hydrogen-bond donors (Lipinski definition) is 2. The molecule has 0 bridgehead atoms. The average molecular weight is 336 g/mol. The lowest BCUT2D eigenvalue weighted by atomic mass is 9.88. The van der Waals surface area contributed by atoms with E-state index >= 15 is 0 Å². The fourth-order valence-electron chi connectivity index (χ4n) is 1.87. The minimum atomic E-state index is -0.401. The summed E-state index contributed by atoms with van der Waals surface area (Å²) in [4.78, 5) is 24.8. The number of carbonyl (C=O) groups excluding carboxylic acids is 1. The maximum absolute atomic E-state index is 12.0. The van der Waals surface area contributed by atoms with Gasteiger partial charge in [-0.05, 0) is 26.7 Å². The molecule has 0 aliphatic rings. The van der Waals surface area contributed by atoms with E-state index in [2.05, 4.69) is 5.32 Å². The number of nitrogens with zero attached hydrogens (tertiary/aromatic N) is 1. The van der Waals surface area contributed by atoms with Crippen LogP contribution in [-0.4, -0.2) is 22.6 Å². The van der Waals surface area contributed by atoms with E-state index in [1.165, 1.54) is 11.3 Å². The van der Waals surface area contributed by atoms with Crippen molar-refractivity contribution in [1.82, 2.24) is 9.88 Å². The van der Waals surface area contributed by atoms with Crippen LogP contribution in [0.5, 0.6) is 0 Å². The summed E-state index contributed by atoms with van der Waals surface area (Å²) in [5.74, 6) is 0.186. The van der Waals surface area contributed by atoms with Crippen LogP contribution < -0.4 is 15.9 Å². The standard InChI is InChI=1S/C14H25N3O2S.ClH/c1-9(2)14(5,8-15)16-12(18)6-7-17-10(3)11(4)20-13(17)19;/h9H,6-8,15H2,1-5H3,(H,16,18);1H. The maximum Gasteiger partial charge on any atom is 0.307 e. The van der Waals surface area contributed by atoms with Gasteiger partial charge in [0.15, 0.2) is 0 Å². The van der Waals surface area contributed by atoms with E-state index in [1.807, 2.05) is 34.6 Å². The second-order valence-electron chi connectivity index (χ2n) is 5.74. The van der Waals surface area contributed by atoms with Gasteiger partial charge in [-0.3, -0.25) is 9.59 Å². The number of amides is 1. The highest BCUT2D eigenvalue weighted by molar-refractivity contribution is 7.09. The molecule has 21 heavy (non-hydrogen) atoms. The number of carbonyl (C=O) groups is 1. The molecule has 0 aliphatic heterocycles. The van der Waals surface area contributed by atoms with Crippen molar-refractivity contribution in [3.8, 4) is 0 Å². The normalized spacial score (nSPS) is 13.7. The summed E-state index contributed by atoms with van der Waals surface area (Å²) >= 11 is 1.23. The van der Waals surface area contributed by atoms with Crippen LogP contribution in [0.1, 0.15) is 37.8 Å². The smallest absolute Gasteiger partial charge is 0.307 e. The lowest BCUT2D eigenvalue weighted by Crippen LogP contribution is -2.55. The topological polar surface area (TPSA) is 77.1 Å². The molecule has 0 aliphatic carbocycles. The first-order valence-corrected chi connectivity index (χ1v) is 7.71. The molecule has 1 amide bonds. The zero-order valence-corrected chi connectivity index (χ0v) is 15.0. The number of rotatable bonds is 6. The van der Waals surface area contributed by atoms with Gasteiger partial charge >= 0.3 is 4.87 Å². The third-order valence-electron chi connectivity index (χ3n) is 4.06. The van der Waals surface area contributed by atoms with Crippen molar-refractivity contribution in [1.29, 1.82) is 0 Å². The molecule has 0 saturated carbocycles. The molecule has 3 N–H and O–H groups in total. The van der Waals surface area contributed by atoms with E-state index in [4.69, 9.17) is 5.73 Å². The van der Waals surface area contributed by atoms with Crippen molar-refractivity contribution >= 4 is 29.7 Å². The number of hydrogen-bond acceptors (Lipinski definition) is 4. The lowest BCUT2D eigenvalue weighted by Gasteiger charge is -2.33. The largest absolute Gasteiger partial charge is 0.349 e. The quantitative estimate of drug-likeness (QED) is 0.832. The highest BCUT2D eigenvalue weighted by Gasteiger charge is 2.28. The number of halogens is 1. The monoisotopic (exact) mass is 335 g/mol. The first-order chi connectivity index (χ1) is 9.21. The van der Waals surface area contributed by atoms with E-state index in [1.54, 1.807) is 4.57 Å². The highest BCUT2D eigenvalue weighted by atomic mass is 35.5. The third-order valence-corrected chi connectivity index (χ3v) is 5.06. The number of thiazole rings is 1. The van der Waals surface area contributed by atoms with Gasteiger partial charge in [0.1, 0.15) is 0 Å². The van der Waals surface area contributed by atoms with Gasteiger partial charge in [-0.1, -0.05) is 25.2 Å². The van der Waals surface area contributed by atoms with Crippen LogP contribution in [0.25, 0.3) is 0 Å². The van der Waals surface area contributed by atoms with Gasteiger partial charge < -0.3 is 15.6 Å². The first kappa shape index (κ1) is 20.1. The zero-order chi connectivity index (χ0) is 15.5. The predicted molar refractivity (Wildman–Crippen MR) is 90.4 cm³/mol. The summed E-state index contributed by atoms with van der Waals surface area (Å²) in [6.07, 6.45) is 0.291. The number of nitrogens with two attached hydrogens (primary N) is 1. The van der Waals surface area contributed by atoms with Crippen molar-refractivity contribution in [2.45, 2.75) is 53.1 Å². The second-order valence-corrected chi connectivity index (χ2v) is 6.90. The number of aromatic nitrogens is 1. The van der Waals surface area contributed by atoms with Crippen LogP contribution >= 0.6 is 23.7 Å². The molecule has 5 nitrogen and oxygen atoms in total. The molecular weight excluding hydrogens is 310 g/mol. The van der Waals surface area contributed by atoms with Crippen molar-refractivity contribution in [3.63, 3.8) is 0 Å². The summed E-state index contributed by atoms with van der Waals surface area (Å²) < 4.78 is 1.66. The van der Waals surface area contributed by atoms with E-state index in [-0.39, 0.29) is 29.1 Å². The molecule has 1 aromatic heterocycles. The Kier molecular flexibility index (Phi) is 7.64. The minimum Gasteiger partial charge on any atom is -0.349 e. The number of nitrogens with one attached hydrogen (secondary N) is 1. The molecule has 1 rings (SSSR count). The molecule has 1 heterocycles. The maximum atomic E-state index is 12.0. The molecule has 0 aromatic carbocycles. The summed E-state index contributed by atoms with van der Waals surface area (Å²) in [6.45, 7) is 10.6. The van der Waals surface area contributed by atoms with Crippen molar-refractivity contribution in [2.75, 3.05) is 6.54 Å². The summed E-state index contributed by atoms with van der Waals surface area (Å²) in [5, 5.41) is 2.98. The van der Waals surface area contributed by atoms with E-state index in [0.717, 1.165) is 10.6 Å². The molecule has 1 atom stereocenters. The fraction of sp³-hybridized carbons (Fsp3) is 0.714. The average Bonchev–Trinajstić information content (AvgIpc) is 2.61. The van der Waals surface area contributed by atoms with Gasteiger partial charge in [-0.15, -0.1) is 12.4 Å². The van der Waals surface area contributed by atoms with Gasteiger partial charge in [-0.2, -0.15) is 0 Å². The Hall–Kier alpha value is -0.850. The minimum absolute atomic E-state index is 0. The second kappa shape index (κ2) is 7.96. The van der Waals surface area contributed by atoms with Crippen LogP contribution in [0.15, 0.2) is 4.79 Å². The van der Waals surface area contributed by atoms with Crippen LogP contribution in [-0.2, 0) is 11.3 Å². The Morgan fingerprint density at radius 2 is 2.00 bits per heavy atom. The summed E-state index contributed by atoms with van der Waals surface area (Å²) in [7, 11) is 0. The van der Waals surface area contributed by atoms with Gasteiger partial charge in [0.2, 0.25) is 5.91 Å². The summed E-state index contributed by atoms with van der Waals surface area (Å²) in [6, 6.07) is 0. The SMILES string of the molecule is Cc1sc(=O)n(CCC(=O)NC(C)(CN)C(C)C)c1C.Cl. The molecule has 1 aromatic rings. The van der Waals surface area contributed by atoms with Gasteiger partial charge in [0, 0.05) is 30.1 Å². The van der Waals surface area contributed by atoms with Crippen molar-refractivity contribution in [2.24, 2.45) is 11.7 Å². The van der Waals surface area contributed by atoms with Crippen molar-refractivity contribution in [3.05, 3.63) is 20.2 Å². The molecule has 0 fully saturated rings. The molecule has 1 unspecified atom stereocenters.